The minimum Gasteiger partial charge on any atom is -0.298 e. The van der Waals surface area contributed by atoms with Crippen molar-refractivity contribution >= 4 is 18.1 Å². The average molecular weight is 264 g/mol. The van der Waals surface area contributed by atoms with Gasteiger partial charge in [0, 0.05) is 11.1 Å². The number of carbonyl (C=O) groups is 2. The third-order valence-electron chi connectivity index (χ3n) is 3.15. The van der Waals surface area contributed by atoms with Gasteiger partial charge in [0.1, 0.15) is 6.29 Å². The van der Waals surface area contributed by atoms with Crippen LogP contribution in [0.1, 0.15) is 37.4 Å². The number of carbonyl (C=O) groups excluding carboxylic acids is 2. The van der Waals surface area contributed by atoms with Gasteiger partial charge in [-0.1, -0.05) is 54.1 Å². The van der Waals surface area contributed by atoms with Crippen molar-refractivity contribution in [1.82, 2.24) is 0 Å². The van der Waals surface area contributed by atoms with Crippen molar-refractivity contribution < 1.29 is 9.59 Å². The minimum atomic E-state index is -0.0121. The Morgan fingerprint density at radius 1 is 0.950 bits per heavy atom. The van der Waals surface area contributed by atoms with Gasteiger partial charge in [0.05, 0.1) is 0 Å². The summed E-state index contributed by atoms with van der Waals surface area (Å²) in [4.78, 5) is 22.7. The van der Waals surface area contributed by atoms with E-state index in [1.165, 1.54) is 0 Å². The first-order chi connectivity index (χ1) is 9.60. The molecular weight excluding hydrogens is 248 g/mol. The van der Waals surface area contributed by atoms with Crippen LogP contribution in [0.15, 0.2) is 48.5 Å². The lowest BCUT2D eigenvalue weighted by Crippen LogP contribution is -1.98. The van der Waals surface area contributed by atoms with Gasteiger partial charge in [-0.3, -0.25) is 9.59 Å². The van der Waals surface area contributed by atoms with E-state index >= 15 is 0 Å². The lowest BCUT2D eigenvalue weighted by molar-refractivity contribution is 0.104. The number of hydrogen-bond acceptors (Lipinski definition) is 2. The Labute approximate surface area is 118 Å². The molecule has 0 bridgehead atoms. The fraction of sp³-hybridized carbons (Fsp3) is 0.111. The Balaban J connectivity index is 2.17. The van der Waals surface area contributed by atoms with E-state index in [1.54, 1.807) is 24.3 Å². The summed E-state index contributed by atoms with van der Waals surface area (Å²) in [5.41, 5.74) is 4.37. The number of aldehydes is 1. The van der Waals surface area contributed by atoms with E-state index in [-0.39, 0.29) is 5.78 Å². The van der Waals surface area contributed by atoms with E-state index in [4.69, 9.17) is 0 Å². The molecular formula is C18H16O2. The van der Waals surface area contributed by atoms with Gasteiger partial charge in [-0.25, -0.2) is 0 Å². The molecule has 0 aromatic heterocycles. The van der Waals surface area contributed by atoms with Gasteiger partial charge in [-0.05, 0) is 31.1 Å². The predicted octanol–water partition coefficient (Wildman–Crippen LogP) is 4.01. The van der Waals surface area contributed by atoms with Gasteiger partial charge in [0.15, 0.2) is 5.78 Å². The van der Waals surface area contributed by atoms with Crippen LogP contribution in [0.4, 0.5) is 0 Å². The molecule has 0 amide bonds. The maximum atomic E-state index is 12.1. The maximum absolute atomic E-state index is 12.1. The zero-order valence-corrected chi connectivity index (χ0v) is 11.6. The molecule has 0 N–H and O–H groups in total. The predicted molar refractivity (Wildman–Crippen MR) is 81.1 cm³/mol. The van der Waals surface area contributed by atoms with Gasteiger partial charge in [0.2, 0.25) is 0 Å². The molecule has 2 heteroatoms. The summed E-state index contributed by atoms with van der Waals surface area (Å²) in [7, 11) is 0. The van der Waals surface area contributed by atoms with E-state index in [2.05, 4.69) is 0 Å². The molecule has 0 unspecified atom stereocenters. The smallest absolute Gasteiger partial charge is 0.186 e. The largest absolute Gasteiger partial charge is 0.298 e. The van der Waals surface area contributed by atoms with Gasteiger partial charge in [-0.2, -0.15) is 0 Å². The molecule has 0 heterocycles. The second-order valence-corrected chi connectivity index (χ2v) is 4.80. The normalized spacial score (nSPS) is 10.7. The Hall–Kier alpha value is -2.48. The van der Waals surface area contributed by atoms with Crippen molar-refractivity contribution in [2.75, 3.05) is 0 Å². The van der Waals surface area contributed by atoms with Crippen LogP contribution in [0, 0.1) is 13.8 Å². The number of hydrogen-bond donors (Lipinski definition) is 0. The Kier molecular flexibility index (Phi) is 4.26. The average Bonchev–Trinajstić information content (AvgIpc) is 2.45. The molecule has 100 valence electrons. The van der Waals surface area contributed by atoms with Crippen molar-refractivity contribution in [2.24, 2.45) is 0 Å². The Bertz CT molecular complexity index is 664. The lowest BCUT2D eigenvalue weighted by Gasteiger charge is -2.02. The van der Waals surface area contributed by atoms with E-state index < -0.39 is 0 Å². The highest BCUT2D eigenvalue weighted by Crippen LogP contribution is 2.13. The van der Waals surface area contributed by atoms with Gasteiger partial charge in [0.25, 0.3) is 0 Å². The summed E-state index contributed by atoms with van der Waals surface area (Å²) < 4.78 is 0. The van der Waals surface area contributed by atoms with Crippen LogP contribution in [0.2, 0.25) is 0 Å². The third-order valence-corrected chi connectivity index (χ3v) is 3.15. The summed E-state index contributed by atoms with van der Waals surface area (Å²) in [6, 6.07) is 12.9. The third kappa shape index (κ3) is 3.29. The Morgan fingerprint density at radius 2 is 1.60 bits per heavy atom. The van der Waals surface area contributed by atoms with Crippen LogP contribution in [-0.2, 0) is 0 Å². The monoisotopic (exact) mass is 264 g/mol. The van der Waals surface area contributed by atoms with Gasteiger partial charge >= 0.3 is 0 Å². The summed E-state index contributed by atoms with van der Waals surface area (Å²) >= 11 is 0. The molecule has 2 aromatic rings. The van der Waals surface area contributed by atoms with E-state index in [9.17, 15) is 9.59 Å². The number of aryl methyl sites for hydroxylation is 2. The van der Waals surface area contributed by atoms with Crippen molar-refractivity contribution in [1.29, 1.82) is 0 Å². The zero-order chi connectivity index (χ0) is 14.5. The molecule has 0 radical (unpaired) electrons. The lowest BCUT2D eigenvalue weighted by atomic mass is 10.0. The molecule has 2 aromatic carbocycles. The molecule has 2 nitrogen and oxygen atoms in total. The molecule has 0 aliphatic heterocycles. The van der Waals surface area contributed by atoms with E-state index in [0.717, 1.165) is 28.5 Å². The topological polar surface area (TPSA) is 34.1 Å². The molecule has 0 spiro atoms. The zero-order valence-electron chi connectivity index (χ0n) is 11.6. The first-order valence-corrected chi connectivity index (χ1v) is 6.45. The SMILES string of the molecule is Cc1ccc(C(=O)/C=C/c2ccc(C=O)cc2)c(C)c1. The maximum Gasteiger partial charge on any atom is 0.186 e. The van der Waals surface area contributed by atoms with Crippen molar-refractivity contribution in [3.05, 3.63) is 76.4 Å². The second kappa shape index (κ2) is 6.11. The van der Waals surface area contributed by atoms with Gasteiger partial charge in [-0.15, -0.1) is 0 Å². The summed E-state index contributed by atoms with van der Waals surface area (Å²) in [6.07, 6.45) is 4.12. The summed E-state index contributed by atoms with van der Waals surface area (Å²) in [6.45, 7) is 3.94. The number of rotatable bonds is 4. The Morgan fingerprint density at radius 3 is 2.20 bits per heavy atom. The van der Waals surface area contributed by atoms with Crippen LogP contribution in [0.25, 0.3) is 6.08 Å². The summed E-state index contributed by atoms with van der Waals surface area (Å²) in [5.74, 6) is -0.0121. The minimum absolute atomic E-state index is 0.0121. The molecule has 0 aliphatic carbocycles. The highest BCUT2D eigenvalue weighted by atomic mass is 16.1. The molecule has 0 fully saturated rings. The number of benzene rings is 2. The van der Waals surface area contributed by atoms with Crippen LogP contribution in [0.5, 0.6) is 0 Å². The van der Waals surface area contributed by atoms with Crippen LogP contribution >= 0.6 is 0 Å². The highest BCUT2D eigenvalue weighted by Gasteiger charge is 2.05. The standard InChI is InChI=1S/C18H16O2/c1-13-3-9-17(14(2)11-13)18(20)10-8-15-4-6-16(12-19)7-5-15/h3-12H,1-2H3/b10-8+. The second-order valence-electron chi connectivity index (χ2n) is 4.80. The van der Waals surface area contributed by atoms with E-state index in [0.29, 0.717) is 5.56 Å². The molecule has 0 aliphatic rings. The first kappa shape index (κ1) is 13.9. The van der Waals surface area contributed by atoms with Crippen molar-refractivity contribution in [3.63, 3.8) is 0 Å². The van der Waals surface area contributed by atoms with Gasteiger partial charge < -0.3 is 0 Å². The highest BCUT2D eigenvalue weighted by molar-refractivity contribution is 6.07. The van der Waals surface area contributed by atoms with E-state index in [1.807, 2.05) is 44.2 Å². The molecule has 20 heavy (non-hydrogen) atoms. The fourth-order valence-corrected chi connectivity index (χ4v) is 2.04. The number of allylic oxidation sites excluding steroid dienone is 1. The molecule has 0 saturated carbocycles. The molecule has 2 rings (SSSR count). The van der Waals surface area contributed by atoms with Crippen molar-refractivity contribution in [3.8, 4) is 0 Å². The van der Waals surface area contributed by atoms with Crippen molar-refractivity contribution in [2.45, 2.75) is 13.8 Å². The quantitative estimate of drug-likeness (QED) is 0.475. The summed E-state index contributed by atoms with van der Waals surface area (Å²) in [5, 5.41) is 0. The van der Waals surface area contributed by atoms with Crippen LogP contribution < -0.4 is 0 Å². The first-order valence-electron chi connectivity index (χ1n) is 6.45. The van der Waals surface area contributed by atoms with Crippen LogP contribution in [0.3, 0.4) is 0 Å². The molecule has 0 atom stereocenters. The van der Waals surface area contributed by atoms with Crippen LogP contribution in [-0.4, -0.2) is 12.1 Å². The molecule has 0 saturated heterocycles. The fourth-order valence-electron chi connectivity index (χ4n) is 2.04. The number of ketones is 1.